The van der Waals surface area contributed by atoms with Crippen LogP contribution in [0.4, 0.5) is 10.1 Å². The van der Waals surface area contributed by atoms with Gasteiger partial charge in [-0.25, -0.2) is 4.39 Å². The zero-order chi connectivity index (χ0) is 9.97. The van der Waals surface area contributed by atoms with Gasteiger partial charge in [0.25, 0.3) is 0 Å². The highest BCUT2D eigenvalue weighted by molar-refractivity contribution is 5.66. The van der Waals surface area contributed by atoms with Crippen LogP contribution < -0.4 is 5.73 Å². The fourth-order valence-electron chi connectivity index (χ4n) is 1.21. The van der Waals surface area contributed by atoms with Crippen molar-refractivity contribution in [1.29, 1.82) is 0 Å². The van der Waals surface area contributed by atoms with Gasteiger partial charge in [-0.3, -0.25) is 0 Å². The Morgan fingerprint density at radius 1 is 1.14 bits per heavy atom. The molecule has 4 heteroatoms. The number of nitrogens with two attached hydrogens (primary N) is 1. The van der Waals surface area contributed by atoms with Crippen LogP contribution in [0.5, 0.6) is 0 Å². The summed E-state index contributed by atoms with van der Waals surface area (Å²) in [5.41, 5.74) is 7.20. The number of aromatic nitrogens is 2. The summed E-state index contributed by atoms with van der Waals surface area (Å²) in [4.78, 5) is 0. The van der Waals surface area contributed by atoms with Crippen molar-refractivity contribution in [2.45, 2.75) is 0 Å². The van der Waals surface area contributed by atoms with E-state index >= 15 is 0 Å². The van der Waals surface area contributed by atoms with E-state index in [0.29, 0.717) is 16.8 Å². The molecule has 3 nitrogen and oxygen atoms in total. The van der Waals surface area contributed by atoms with Crippen LogP contribution in [-0.4, -0.2) is 10.2 Å². The monoisotopic (exact) mass is 189 g/mol. The van der Waals surface area contributed by atoms with Crippen LogP contribution >= 0.6 is 0 Å². The first-order valence-corrected chi connectivity index (χ1v) is 4.09. The van der Waals surface area contributed by atoms with Crippen molar-refractivity contribution in [2.24, 2.45) is 0 Å². The van der Waals surface area contributed by atoms with Gasteiger partial charge in [-0.2, -0.15) is 10.2 Å². The lowest BCUT2D eigenvalue weighted by Gasteiger charge is -2.02. The normalized spacial score (nSPS) is 10.1. The number of nitrogen functional groups attached to an aromatic ring is 1. The molecule has 0 amide bonds. The number of benzene rings is 1. The topological polar surface area (TPSA) is 51.8 Å². The molecule has 0 saturated heterocycles. The van der Waals surface area contributed by atoms with Crippen molar-refractivity contribution in [3.8, 4) is 11.1 Å². The molecule has 1 heterocycles. The van der Waals surface area contributed by atoms with Crippen LogP contribution in [0, 0.1) is 5.82 Å². The van der Waals surface area contributed by atoms with Gasteiger partial charge in [0, 0.05) is 16.8 Å². The predicted molar refractivity (Wildman–Crippen MR) is 51.8 cm³/mol. The summed E-state index contributed by atoms with van der Waals surface area (Å²) in [5.74, 6) is -0.313. The number of halogens is 1. The molecular formula is C10H8FN3. The van der Waals surface area contributed by atoms with Crippen LogP contribution in [-0.2, 0) is 0 Å². The number of hydrogen-bond acceptors (Lipinski definition) is 3. The second kappa shape index (κ2) is 3.41. The van der Waals surface area contributed by atoms with Gasteiger partial charge in [-0.15, -0.1) is 0 Å². The second-order valence-electron chi connectivity index (χ2n) is 2.87. The highest BCUT2D eigenvalue weighted by atomic mass is 19.1. The summed E-state index contributed by atoms with van der Waals surface area (Å²) >= 11 is 0. The lowest BCUT2D eigenvalue weighted by Crippen LogP contribution is -1.90. The van der Waals surface area contributed by atoms with Gasteiger partial charge in [0.1, 0.15) is 5.82 Å². The number of anilines is 1. The van der Waals surface area contributed by atoms with Crippen molar-refractivity contribution in [3.63, 3.8) is 0 Å². The summed E-state index contributed by atoms with van der Waals surface area (Å²) in [5, 5.41) is 7.29. The van der Waals surface area contributed by atoms with Gasteiger partial charge in [0.15, 0.2) is 0 Å². The van der Waals surface area contributed by atoms with Gasteiger partial charge in [-0.1, -0.05) is 0 Å². The van der Waals surface area contributed by atoms with E-state index in [9.17, 15) is 4.39 Å². The van der Waals surface area contributed by atoms with E-state index in [-0.39, 0.29) is 5.82 Å². The maximum atomic E-state index is 13.4. The largest absolute Gasteiger partial charge is 0.399 e. The molecular weight excluding hydrogens is 181 g/mol. The van der Waals surface area contributed by atoms with Crippen molar-refractivity contribution < 1.29 is 4.39 Å². The van der Waals surface area contributed by atoms with Gasteiger partial charge < -0.3 is 5.73 Å². The number of hydrogen-bond donors (Lipinski definition) is 1. The lowest BCUT2D eigenvalue weighted by molar-refractivity contribution is 0.631. The predicted octanol–water partition coefficient (Wildman–Crippen LogP) is 1.86. The Kier molecular flexibility index (Phi) is 2.10. The molecule has 0 radical (unpaired) electrons. The molecule has 2 N–H and O–H groups in total. The van der Waals surface area contributed by atoms with E-state index in [4.69, 9.17) is 5.73 Å². The molecule has 0 saturated carbocycles. The van der Waals surface area contributed by atoms with E-state index in [1.165, 1.54) is 24.5 Å². The fourth-order valence-corrected chi connectivity index (χ4v) is 1.21. The summed E-state index contributed by atoms with van der Waals surface area (Å²) in [7, 11) is 0. The van der Waals surface area contributed by atoms with Crippen molar-refractivity contribution in [3.05, 3.63) is 42.5 Å². The zero-order valence-corrected chi connectivity index (χ0v) is 7.31. The minimum Gasteiger partial charge on any atom is -0.399 e. The molecule has 0 spiro atoms. The third-order valence-corrected chi connectivity index (χ3v) is 1.89. The van der Waals surface area contributed by atoms with E-state index in [2.05, 4.69) is 10.2 Å². The molecule has 0 unspecified atom stereocenters. The van der Waals surface area contributed by atoms with Gasteiger partial charge in [0.05, 0.1) is 12.4 Å². The molecule has 0 aliphatic rings. The molecule has 0 aliphatic carbocycles. The maximum Gasteiger partial charge on any atom is 0.131 e. The average molecular weight is 189 g/mol. The molecule has 0 atom stereocenters. The Morgan fingerprint density at radius 2 is 2.00 bits per heavy atom. The van der Waals surface area contributed by atoms with Gasteiger partial charge >= 0.3 is 0 Å². The first-order chi connectivity index (χ1) is 6.77. The molecule has 14 heavy (non-hydrogen) atoms. The third-order valence-electron chi connectivity index (χ3n) is 1.89. The molecule has 70 valence electrons. The van der Waals surface area contributed by atoms with Crippen LogP contribution in [0.25, 0.3) is 11.1 Å². The summed E-state index contributed by atoms with van der Waals surface area (Å²) < 4.78 is 13.4. The molecule has 2 aromatic rings. The molecule has 1 aromatic carbocycles. The Morgan fingerprint density at radius 3 is 2.71 bits per heavy atom. The van der Waals surface area contributed by atoms with Crippen LogP contribution in [0.1, 0.15) is 0 Å². The number of rotatable bonds is 1. The molecule has 1 aromatic heterocycles. The summed E-state index contributed by atoms with van der Waals surface area (Å²) in [6.45, 7) is 0. The van der Waals surface area contributed by atoms with Crippen LogP contribution in [0.15, 0.2) is 36.7 Å². The van der Waals surface area contributed by atoms with E-state index < -0.39 is 0 Å². The standard InChI is InChI=1S/C10H8FN3/c11-10-2-1-8(12)5-9(10)7-3-4-13-14-6-7/h1-6H,12H2. The highest BCUT2D eigenvalue weighted by Crippen LogP contribution is 2.23. The van der Waals surface area contributed by atoms with Crippen LogP contribution in [0.3, 0.4) is 0 Å². The van der Waals surface area contributed by atoms with Gasteiger partial charge in [-0.05, 0) is 24.3 Å². The van der Waals surface area contributed by atoms with E-state index in [0.717, 1.165) is 0 Å². The molecule has 0 fully saturated rings. The Balaban J connectivity index is 2.57. The Bertz CT molecular complexity index is 442. The quantitative estimate of drug-likeness (QED) is 0.696. The molecule has 2 rings (SSSR count). The summed E-state index contributed by atoms with van der Waals surface area (Å²) in [6, 6.07) is 6.12. The molecule has 0 bridgehead atoms. The average Bonchev–Trinajstić information content (AvgIpc) is 2.23. The van der Waals surface area contributed by atoms with Crippen molar-refractivity contribution >= 4 is 5.69 Å². The smallest absolute Gasteiger partial charge is 0.131 e. The third kappa shape index (κ3) is 1.54. The fraction of sp³-hybridized carbons (Fsp3) is 0. The van der Waals surface area contributed by atoms with Crippen molar-refractivity contribution in [1.82, 2.24) is 10.2 Å². The Hall–Kier alpha value is -1.97. The minimum atomic E-state index is -0.313. The van der Waals surface area contributed by atoms with E-state index in [1.807, 2.05) is 0 Å². The zero-order valence-electron chi connectivity index (χ0n) is 7.31. The Labute approximate surface area is 80.4 Å². The highest BCUT2D eigenvalue weighted by Gasteiger charge is 2.04. The van der Waals surface area contributed by atoms with Gasteiger partial charge in [0.2, 0.25) is 0 Å². The lowest BCUT2D eigenvalue weighted by atomic mass is 10.1. The number of nitrogens with zero attached hydrogens (tertiary/aromatic N) is 2. The SMILES string of the molecule is Nc1ccc(F)c(-c2ccnnc2)c1. The second-order valence-corrected chi connectivity index (χ2v) is 2.87. The maximum absolute atomic E-state index is 13.4. The molecule has 0 aliphatic heterocycles. The van der Waals surface area contributed by atoms with Crippen LogP contribution in [0.2, 0.25) is 0 Å². The van der Waals surface area contributed by atoms with E-state index in [1.54, 1.807) is 12.1 Å². The first kappa shape index (κ1) is 8.62. The summed E-state index contributed by atoms with van der Waals surface area (Å²) in [6.07, 6.45) is 3.01. The minimum absolute atomic E-state index is 0.313. The van der Waals surface area contributed by atoms with Crippen molar-refractivity contribution in [2.75, 3.05) is 5.73 Å². The first-order valence-electron chi connectivity index (χ1n) is 4.09.